The number of hydrogen-bond acceptors (Lipinski definition) is 2. The Morgan fingerprint density at radius 1 is 1.20 bits per heavy atom. The van der Waals surface area contributed by atoms with Crippen molar-refractivity contribution in [1.29, 1.82) is 0 Å². The van der Waals surface area contributed by atoms with E-state index < -0.39 is 0 Å². The van der Waals surface area contributed by atoms with Gasteiger partial charge in [0.1, 0.15) is 0 Å². The van der Waals surface area contributed by atoms with Crippen LogP contribution < -0.4 is 10.6 Å². The van der Waals surface area contributed by atoms with Crippen LogP contribution in [0.15, 0.2) is 18.2 Å². The average molecular weight is 227 g/mol. The number of rotatable bonds is 5. The average Bonchev–Trinajstić information content (AvgIpc) is 2.17. The molecule has 0 spiro atoms. The van der Waals surface area contributed by atoms with Gasteiger partial charge in [-0.15, -0.1) is 0 Å². The normalized spacial score (nSPS) is 10.3. The van der Waals surface area contributed by atoms with Crippen LogP contribution >= 0.6 is 11.6 Å². The number of hydrogen-bond donors (Lipinski definition) is 1. The number of halogens is 1. The highest BCUT2D eigenvalue weighted by molar-refractivity contribution is 6.33. The number of nitrogens with two attached hydrogens (primary N) is 1. The van der Waals surface area contributed by atoms with Gasteiger partial charge in [0.05, 0.1) is 10.7 Å². The highest BCUT2D eigenvalue weighted by Crippen LogP contribution is 2.28. The van der Waals surface area contributed by atoms with E-state index in [1.165, 1.54) is 0 Å². The molecule has 0 saturated carbocycles. The molecule has 0 bridgehead atoms. The molecule has 2 nitrogen and oxygen atoms in total. The quantitative estimate of drug-likeness (QED) is 0.779. The van der Waals surface area contributed by atoms with Crippen molar-refractivity contribution < 1.29 is 0 Å². The van der Waals surface area contributed by atoms with E-state index in [1.54, 1.807) is 0 Å². The van der Waals surface area contributed by atoms with Gasteiger partial charge < -0.3 is 10.6 Å². The molecule has 0 atom stereocenters. The predicted molar refractivity (Wildman–Crippen MR) is 68.7 cm³/mol. The van der Waals surface area contributed by atoms with Crippen molar-refractivity contribution >= 4 is 23.0 Å². The summed E-state index contributed by atoms with van der Waals surface area (Å²) in [6.07, 6.45) is 2.25. The molecule has 0 fully saturated rings. The molecular formula is C12H19ClN2. The molecule has 3 heteroatoms. The van der Waals surface area contributed by atoms with Crippen LogP contribution in [0.1, 0.15) is 26.7 Å². The van der Waals surface area contributed by atoms with Gasteiger partial charge >= 0.3 is 0 Å². The van der Waals surface area contributed by atoms with E-state index in [0.717, 1.165) is 42.3 Å². The molecule has 0 aliphatic carbocycles. The Morgan fingerprint density at radius 2 is 1.80 bits per heavy atom. The smallest absolute Gasteiger partial charge is 0.0660 e. The third-order valence-corrected chi connectivity index (χ3v) is 2.60. The molecule has 0 amide bonds. The summed E-state index contributed by atoms with van der Waals surface area (Å²) in [6.45, 7) is 6.43. The second kappa shape index (κ2) is 5.86. The molecular weight excluding hydrogens is 208 g/mol. The molecule has 15 heavy (non-hydrogen) atoms. The van der Waals surface area contributed by atoms with E-state index in [2.05, 4.69) is 18.7 Å². The van der Waals surface area contributed by atoms with Crippen LogP contribution in [0, 0.1) is 0 Å². The molecule has 2 N–H and O–H groups in total. The first kappa shape index (κ1) is 12.2. The van der Waals surface area contributed by atoms with Crippen LogP contribution in [0.4, 0.5) is 11.4 Å². The minimum absolute atomic E-state index is 0.719. The zero-order chi connectivity index (χ0) is 11.3. The third kappa shape index (κ3) is 3.31. The number of anilines is 2. The number of benzene rings is 1. The largest absolute Gasteiger partial charge is 0.399 e. The molecule has 0 saturated heterocycles. The van der Waals surface area contributed by atoms with Gasteiger partial charge in [0.25, 0.3) is 0 Å². The third-order valence-electron chi connectivity index (χ3n) is 2.30. The van der Waals surface area contributed by atoms with Crippen LogP contribution in [-0.2, 0) is 0 Å². The lowest BCUT2D eigenvalue weighted by atomic mass is 10.2. The predicted octanol–water partition coefficient (Wildman–Crippen LogP) is 3.55. The van der Waals surface area contributed by atoms with Crippen molar-refractivity contribution in [3.8, 4) is 0 Å². The minimum Gasteiger partial charge on any atom is -0.399 e. The van der Waals surface area contributed by atoms with Gasteiger partial charge in [0.2, 0.25) is 0 Å². The zero-order valence-electron chi connectivity index (χ0n) is 9.46. The van der Waals surface area contributed by atoms with Gasteiger partial charge in [-0.3, -0.25) is 0 Å². The van der Waals surface area contributed by atoms with Gasteiger partial charge in [0, 0.05) is 18.8 Å². The maximum atomic E-state index is 6.17. The maximum Gasteiger partial charge on any atom is 0.0660 e. The zero-order valence-corrected chi connectivity index (χ0v) is 10.2. The SMILES string of the molecule is CCCN(CCC)c1ccc(N)cc1Cl. The van der Waals surface area contributed by atoms with Gasteiger partial charge in [-0.1, -0.05) is 25.4 Å². The molecule has 1 rings (SSSR count). The first-order chi connectivity index (χ1) is 7.19. The number of nitrogens with zero attached hydrogens (tertiary/aromatic N) is 1. The van der Waals surface area contributed by atoms with E-state index in [9.17, 15) is 0 Å². The Morgan fingerprint density at radius 3 is 2.27 bits per heavy atom. The standard InChI is InChI=1S/C12H19ClN2/c1-3-7-15(8-4-2)12-6-5-10(14)9-11(12)13/h5-6,9H,3-4,7-8,14H2,1-2H3. The Balaban J connectivity index is 2.89. The summed E-state index contributed by atoms with van der Waals surface area (Å²) >= 11 is 6.17. The summed E-state index contributed by atoms with van der Waals surface area (Å²) < 4.78 is 0. The Labute approximate surface area is 97.0 Å². The summed E-state index contributed by atoms with van der Waals surface area (Å²) in [5.74, 6) is 0. The summed E-state index contributed by atoms with van der Waals surface area (Å²) in [4.78, 5) is 2.31. The molecule has 0 aliphatic heterocycles. The van der Waals surface area contributed by atoms with Crippen LogP contribution in [0.5, 0.6) is 0 Å². The summed E-state index contributed by atoms with van der Waals surface area (Å²) in [7, 11) is 0. The van der Waals surface area contributed by atoms with E-state index in [0.29, 0.717) is 0 Å². The molecule has 84 valence electrons. The fourth-order valence-corrected chi connectivity index (χ4v) is 1.98. The van der Waals surface area contributed by atoms with Gasteiger partial charge in [-0.05, 0) is 31.0 Å². The summed E-state index contributed by atoms with van der Waals surface area (Å²) in [6, 6.07) is 5.72. The monoisotopic (exact) mass is 226 g/mol. The van der Waals surface area contributed by atoms with Crippen molar-refractivity contribution in [2.24, 2.45) is 0 Å². The minimum atomic E-state index is 0.719. The van der Waals surface area contributed by atoms with Crippen molar-refractivity contribution in [2.45, 2.75) is 26.7 Å². The Hall–Kier alpha value is -0.890. The van der Waals surface area contributed by atoms with Gasteiger partial charge in [-0.2, -0.15) is 0 Å². The lowest BCUT2D eigenvalue weighted by molar-refractivity contribution is 0.745. The van der Waals surface area contributed by atoms with Crippen molar-refractivity contribution in [2.75, 3.05) is 23.7 Å². The van der Waals surface area contributed by atoms with Crippen LogP contribution in [0.25, 0.3) is 0 Å². The van der Waals surface area contributed by atoms with Crippen LogP contribution in [0.3, 0.4) is 0 Å². The molecule has 0 aliphatic rings. The molecule has 1 aromatic carbocycles. The molecule has 1 aromatic rings. The maximum absolute atomic E-state index is 6.17. The molecule has 0 unspecified atom stereocenters. The van der Waals surface area contributed by atoms with Crippen LogP contribution in [0.2, 0.25) is 5.02 Å². The first-order valence-electron chi connectivity index (χ1n) is 5.49. The van der Waals surface area contributed by atoms with Gasteiger partial charge in [0.15, 0.2) is 0 Å². The van der Waals surface area contributed by atoms with Crippen molar-refractivity contribution in [1.82, 2.24) is 0 Å². The summed E-state index contributed by atoms with van der Waals surface area (Å²) in [5.41, 5.74) is 7.48. The Kier molecular flexibility index (Phi) is 4.76. The van der Waals surface area contributed by atoms with E-state index >= 15 is 0 Å². The van der Waals surface area contributed by atoms with Crippen LogP contribution in [-0.4, -0.2) is 13.1 Å². The first-order valence-corrected chi connectivity index (χ1v) is 5.86. The lowest BCUT2D eigenvalue weighted by Gasteiger charge is -2.24. The van der Waals surface area contributed by atoms with E-state index in [1.807, 2.05) is 18.2 Å². The fraction of sp³-hybridized carbons (Fsp3) is 0.500. The highest BCUT2D eigenvalue weighted by Gasteiger charge is 2.08. The molecule has 0 heterocycles. The Bertz CT molecular complexity index is 306. The lowest BCUT2D eigenvalue weighted by Crippen LogP contribution is -2.25. The summed E-state index contributed by atoms with van der Waals surface area (Å²) in [5, 5.41) is 0.747. The molecule has 0 aromatic heterocycles. The van der Waals surface area contributed by atoms with Gasteiger partial charge in [-0.25, -0.2) is 0 Å². The second-order valence-electron chi connectivity index (χ2n) is 3.70. The second-order valence-corrected chi connectivity index (χ2v) is 4.11. The van der Waals surface area contributed by atoms with E-state index in [4.69, 9.17) is 17.3 Å². The topological polar surface area (TPSA) is 29.3 Å². The number of nitrogen functional groups attached to an aromatic ring is 1. The highest BCUT2D eigenvalue weighted by atomic mass is 35.5. The van der Waals surface area contributed by atoms with E-state index in [-0.39, 0.29) is 0 Å². The van der Waals surface area contributed by atoms with Crippen molar-refractivity contribution in [3.63, 3.8) is 0 Å². The van der Waals surface area contributed by atoms with Crippen molar-refractivity contribution in [3.05, 3.63) is 23.2 Å². The fourth-order valence-electron chi connectivity index (χ4n) is 1.67. The molecule has 0 radical (unpaired) electrons.